The summed E-state index contributed by atoms with van der Waals surface area (Å²) in [5, 5.41) is 0. The molecule has 0 fully saturated rings. The molecular formula is C31H35FO2. The van der Waals surface area contributed by atoms with Gasteiger partial charge in [-0.2, -0.15) is 0 Å². The highest BCUT2D eigenvalue weighted by molar-refractivity contribution is 5.87. The number of carbonyl (C=O) groups is 1. The number of halogens is 1. The third kappa shape index (κ3) is 7.15. The van der Waals surface area contributed by atoms with E-state index in [4.69, 9.17) is 4.74 Å². The molecule has 0 unspecified atom stereocenters. The van der Waals surface area contributed by atoms with E-state index in [-0.39, 0.29) is 18.4 Å². The summed E-state index contributed by atoms with van der Waals surface area (Å²) in [5.74, 6) is -0.617. The standard InChI is InChI=1S/C31H35FO2/c1-4-6-7-8-10-24-11-15-26(16-12-24)28-19-20-29(30(32)21-28)27-17-13-25(14-18-27)22-34-31(33)23(3)9-5-2/h11-21H,3-10,22H2,1-2H3. The van der Waals surface area contributed by atoms with E-state index in [1.165, 1.54) is 31.2 Å². The van der Waals surface area contributed by atoms with Crippen LogP contribution in [-0.2, 0) is 22.6 Å². The van der Waals surface area contributed by atoms with Crippen LogP contribution in [0.4, 0.5) is 4.39 Å². The molecule has 0 saturated carbocycles. The average molecular weight is 459 g/mol. The highest BCUT2D eigenvalue weighted by atomic mass is 19.1. The van der Waals surface area contributed by atoms with Crippen molar-refractivity contribution in [3.8, 4) is 22.3 Å². The molecule has 0 aromatic heterocycles. The number of hydrogen-bond acceptors (Lipinski definition) is 2. The molecule has 178 valence electrons. The SMILES string of the molecule is C=C(CCC)C(=O)OCc1ccc(-c2ccc(-c3ccc(CCCCCC)cc3)cc2F)cc1. The monoisotopic (exact) mass is 458 g/mol. The van der Waals surface area contributed by atoms with Crippen LogP contribution in [0.15, 0.2) is 78.9 Å². The smallest absolute Gasteiger partial charge is 0.333 e. The first-order valence-corrected chi connectivity index (χ1v) is 12.3. The zero-order valence-corrected chi connectivity index (χ0v) is 20.4. The molecule has 0 aliphatic carbocycles. The van der Waals surface area contributed by atoms with Crippen molar-refractivity contribution in [2.24, 2.45) is 0 Å². The molecule has 3 aromatic rings. The first-order valence-electron chi connectivity index (χ1n) is 12.3. The predicted molar refractivity (Wildman–Crippen MR) is 139 cm³/mol. The van der Waals surface area contributed by atoms with Crippen LogP contribution in [0.3, 0.4) is 0 Å². The summed E-state index contributed by atoms with van der Waals surface area (Å²) in [6.07, 6.45) is 7.60. The van der Waals surface area contributed by atoms with Crippen LogP contribution < -0.4 is 0 Å². The van der Waals surface area contributed by atoms with Crippen molar-refractivity contribution in [2.75, 3.05) is 0 Å². The number of unbranched alkanes of at least 4 members (excludes halogenated alkanes) is 3. The number of hydrogen-bond donors (Lipinski definition) is 0. The van der Waals surface area contributed by atoms with Crippen LogP contribution in [0.2, 0.25) is 0 Å². The second-order valence-corrected chi connectivity index (χ2v) is 8.83. The summed E-state index contributed by atoms with van der Waals surface area (Å²) in [6.45, 7) is 8.15. The summed E-state index contributed by atoms with van der Waals surface area (Å²) in [6, 6.07) is 21.3. The molecule has 0 saturated heterocycles. The van der Waals surface area contributed by atoms with Gasteiger partial charge in [-0.3, -0.25) is 0 Å². The summed E-state index contributed by atoms with van der Waals surface area (Å²) in [5.41, 5.74) is 5.90. The van der Waals surface area contributed by atoms with E-state index in [9.17, 15) is 9.18 Å². The molecule has 0 aliphatic heterocycles. The fourth-order valence-corrected chi connectivity index (χ4v) is 3.98. The molecule has 0 aliphatic rings. The number of esters is 1. The second kappa shape index (κ2) is 12.9. The fraction of sp³-hybridized carbons (Fsp3) is 0.323. The topological polar surface area (TPSA) is 26.3 Å². The van der Waals surface area contributed by atoms with Gasteiger partial charge in [0.25, 0.3) is 0 Å². The highest BCUT2D eigenvalue weighted by Crippen LogP contribution is 2.29. The Kier molecular flexibility index (Phi) is 9.63. The van der Waals surface area contributed by atoms with Gasteiger partial charge in [-0.1, -0.05) is 107 Å². The van der Waals surface area contributed by atoms with Crippen LogP contribution in [0.25, 0.3) is 22.3 Å². The maximum atomic E-state index is 15.0. The van der Waals surface area contributed by atoms with E-state index < -0.39 is 0 Å². The Morgan fingerprint density at radius 3 is 2.09 bits per heavy atom. The van der Waals surface area contributed by atoms with Gasteiger partial charge in [-0.25, -0.2) is 9.18 Å². The summed E-state index contributed by atoms with van der Waals surface area (Å²) in [4.78, 5) is 11.9. The van der Waals surface area contributed by atoms with E-state index in [1.54, 1.807) is 6.07 Å². The van der Waals surface area contributed by atoms with Crippen molar-refractivity contribution in [1.82, 2.24) is 0 Å². The van der Waals surface area contributed by atoms with Crippen molar-refractivity contribution in [2.45, 2.75) is 65.4 Å². The minimum atomic E-state index is -0.364. The highest BCUT2D eigenvalue weighted by Gasteiger charge is 2.10. The molecule has 3 rings (SSSR count). The minimum absolute atomic E-state index is 0.178. The van der Waals surface area contributed by atoms with Crippen LogP contribution in [-0.4, -0.2) is 5.97 Å². The Balaban J connectivity index is 1.62. The first kappa shape index (κ1) is 25.4. The van der Waals surface area contributed by atoms with Crippen LogP contribution in [0.1, 0.15) is 63.5 Å². The van der Waals surface area contributed by atoms with Gasteiger partial charge >= 0.3 is 5.97 Å². The predicted octanol–water partition coefficient (Wildman–Crippen LogP) is 8.68. The maximum Gasteiger partial charge on any atom is 0.333 e. The van der Waals surface area contributed by atoms with Crippen molar-refractivity contribution in [1.29, 1.82) is 0 Å². The fourth-order valence-electron chi connectivity index (χ4n) is 3.98. The van der Waals surface area contributed by atoms with E-state index in [1.807, 2.05) is 43.3 Å². The Morgan fingerprint density at radius 1 is 0.794 bits per heavy atom. The third-order valence-electron chi connectivity index (χ3n) is 6.05. The van der Waals surface area contributed by atoms with Gasteiger partial charge in [0.15, 0.2) is 0 Å². The summed E-state index contributed by atoms with van der Waals surface area (Å²) >= 11 is 0. The molecule has 2 nitrogen and oxygen atoms in total. The zero-order chi connectivity index (χ0) is 24.3. The molecule has 0 spiro atoms. The van der Waals surface area contributed by atoms with Gasteiger partial charge in [-0.15, -0.1) is 0 Å². The van der Waals surface area contributed by atoms with Gasteiger partial charge in [0.1, 0.15) is 12.4 Å². The van der Waals surface area contributed by atoms with E-state index in [0.717, 1.165) is 35.1 Å². The lowest BCUT2D eigenvalue weighted by molar-refractivity contribution is -0.140. The molecule has 3 heteroatoms. The maximum absolute atomic E-state index is 15.0. The lowest BCUT2D eigenvalue weighted by Gasteiger charge is -2.10. The molecule has 0 heterocycles. The number of carbonyl (C=O) groups excluding carboxylic acids is 1. The van der Waals surface area contributed by atoms with Crippen molar-refractivity contribution in [3.63, 3.8) is 0 Å². The number of ether oxygens (including phenoxy) is 1. The number of aryl methyl sites for hydroxylation is 1. The van der Waals surface area contributed by atoms with Crippen molar-refractivity contribution >= 4 is 5.97 Å². The Hall–Kier alpha value is -3.20. The summed E-state index contributed by atoms with van der Waals surface area (Å²) in [7, 11) is 0. The van der Waals surface area contributed by atoms with Crippen molar-refractivity contribution < 1.29 is 13.9 Å². The van der Waals surface area contributed by atoms with Gasteiger partial charge in [-0.05, 0) is 53.1 Å². The third-order valence-corrected chi connectivity index (χ3v) is 6.05. The van der Waals surface area contributed by atoms with Crippen LogP contribution in [0, 0.1) is 5.82 Å². The molecular weight excluding hydrogens is 423 g/mol. The molecule has 3 aromatic carbocycles. The largest absolute Gasteiger partial charge is 0.457 e. The molecule has 0 amide bonds. The molecule has 0 atom stereocenters. The number of benzene rings is 3. The molecule has 34 heavy (non-hydrogen) atoms. The second-order valence-electron chi connectivity index (χ2n) is 8.83. The Bertz CT molecular complexity index is 1080. The molecule has 0 bridgehead atoms. The average Bonchev–Trinajstić information content (AvgIpc) is 2.86. The Morgan fingerprint density at radius 2 is 1.44 bits per heavy atom. The van der Waals surface area contributed by atoms with E-state index in [0.29, 0.717) is 17.6 Å². The van der Waals surface area contributed by atoms with Gasteiger partial charge in [0.2, 0.25) is 0 Å². The normalized spacial score (nSPS) is 10.8. The zero-order valence-electron chi connectivity index (χ0n) is 20.4. The van der Waals surface area contributed by atoms with Crippen LogP contribution >= 0.6 is 0 Å². The lowest BCUT2D eigenvalue weighted by atomic mass is 9.97. The van der Waals surface area contributed by atoms with E-state index in [2.05, 4.69) is 37.8 Å². The van der Waals surface area contributed by atoms with Crippen LogP contribution in [0.5, 0.6) is 0 Å². The quantitative estimate of drug-likeness (QED) is 0.154. The lowest BCUT2D eigenvalue weighted by Crippen LogP contribution is -2.07. The first-order chi connectivity index (χ1) is 16.5. The molecule has 0 radical (unpaired) electrons. The van der Waals surface area contributed by atoms with Crippen molar-refractivity contribution in [3.05, 3.63) is 95.8 Å². The minimum Gasteiger partial charge on any atom is -0.457 e. The van der Waals surface area contributed by atoms with Gasteiger partial charge < -0.3 is 4.74 Å². The van der Waals surface area contributed by atoms with Gasteiger partial charge in [0, 0.05) is 11.1 Å². The number of rotatable bonds is 12. The Labute approximate surface area is 203 Å². The summed E-state index contributed by atoms with van der Waals surface area (Å²) < 4.78 is 20.3. The van der Waals surface area contributed by atoms with Gasteiger partial charge in [0.05, 0.1) is 0 Å². The van der Waals surface area contributed by atoms with E-state index >= 15 is 0 Å². The molecule has 0 N–H and O–H groups in total.